The van der Waals surface area contributed by atoms with E-state index in [2.05, 4.69) is 0 Å². The van der Waals surface area contributed by atoms with Gasteiger partial charge in [0.15, 0.2) is 0 Å². The summed E-state index contributed by atoms with van der Waals surface area (Å²) in [6.07, 6.45) is -0.943. The minimum absolute atomic E-state index is 0.0569. The highest BCUT2D eigenvalue weighted by Crippen LogP contribution is 2.44. The fraction of sp³-hybridized carbons (Fsp3) is 0.571. The molecule has 9 heteroatoms. The highest BCUT2D eigenvalue weighted by molar-refractivity contribution is 7.87. The standard InChI is InChI=1S/C14H22ClO6PS/c1-10(2)12-7-6-8-13(15)14(12)23(17,18)19-9-22(5,16)21-20-11(3)4/h6-8,10-11H,9H2,1-5H3. The fourth-order valence-corrected chi connectivity index (χ4v) is 4.87. The van der Waals surface area contributed by atoms with Gasteiger partial charge in [-0.15, -0.1) is 0 Å². The third kappa shape index (κ3) is 6.18. The van der Waals surface area contributed by atoms with Crippen molar-refractivity contribution < 1.29 is 26.7 Å². The number of hydrogen-bond donors (Lipinski definition) is 0. The highest BCUT2D eigenvalue weighted by atomic mass is 35.5. The van der Waals surface area contributed by atoms with Crippen LogP contribution in [0.4, 0.5) is 0 Å². The molecule has 0 bridgehead atoms. The van der Waals surface area contributed by atoms with Gasteiger partial charge in [-0.3, -0.25) is 8.75 Å². The van der Waals surface area contributed by atoms with E-state index in [-0.39, 0.29) is 21.9 Å². The van der Waals surface area contributed by atoms with Crippen molar-refractivity contribution in [3.63, 3.8) is 0 Å². The fourth-order valence-electron chi connectivity index (χ4n) is 1.67. The zero-order chi connectivity index (χ0) is 17.8. The summed E-state index contributed by atoms with van der Waals surface area (Å²) in [7, 11) is -7.56. The number of benzene rings is 1. The molecule has 0 aliphatic rings. The topological polar surface area (TPSA) is 78.9 Å². The van der Waals surface area contributed by atoms with Gasteiger partial charge in [0.2, 0.25) is 0 Å². The van der Waals surface area contributed by atoms with Gasteiger partial charge in [0.1, 0.15) is 11.2 Å². The summed E-state index contributed by atoms with van der Waals surface area (Å²) in [6.45, 7) is 8.30. The molecule has 0 saturated heterocycles. The zero-order valence-electron chi connectivity index (χ0n) is 13.8. The van der Waals surface area contributed by atoms with Crippen LogP contribution in [0, 0.1) is 0 Å². The van der Waals surface area contributed by atoms with E-state index in [0.717, 1.165) is 0 Å². The van der Waals surface area contributed by atoms with Crippen LogP contribution in [0.5, 0.6) is 0 Å². The number of rotatable bonds is 8. The normalized spacial score (nSPS) is 15.1. The molecule has 0 spiro atoms. The summed E-state index contributed by atoms with van der Waals surface area (Å²) in [5, 5.41) is 0.0569. The molecule has 0 amide bonds. The van der Waals surface area contributed by atoms with Gasteiger partial charge in [0.05, 0.1) is 11.1 Å². The average Bonchev–Trinajstić information content (AvgIpc) is 2.43. The van der Waals surface area contributed by atoms with Crippen LogP contribution in [0.2, 0.25) is 5.02 Å². The lowest BCUT2D eigenvalue weighted by atomic mass is 10.0. The summed E-state index contributed by atoms with van der Waals surface area (Å²) in [4.78, 5) is 4.69. The molecule has 0 aliphatic carbocycles. The molecule has 1 aromatic carbocycles. The van der Waals surface area contributed by atoms with Crippen molar-refractivity contribution in [2.45, 2.75) is 44.6 Å². The first kappa shape index (κ1) is 20.6. The van der Waals surface area contributed by atoms with Gasteiger partial charge >= 0.3 is 0 Å². The summed E-state index contributed by atoms with van der Waals surface area (Å²) < 4.78 is 46.7. The molecule has 132 valence electrons. The molecular formula is C14H22ClO6PS. The molecule has 1 unspecified atom stereocenters. The highest BCUT2D eigenvalue weighted by Gasteiger charge is 2.28. The lowest BCUT2D eigenvalue weighted by Crippen LogP contribution is -2.13. The van der Waals surface area contributed by atoms with Crippen LogP contribution in [0.3, 0.4) is 0 Å². The van der Waals surface area contributed by atoms with Crippen LogP contribution < -0.4 is 0 Å². The predicted molar refractivity (Wildman–Crippen MR) is 89.5 cm³/mol. The molecule has 23 heavy (non-hydrogen) atoms. The van der Waals surface area contributed by atoms with Gasteiger partial charge in [-0.25, -0.2) is 4.89 Å². The van der Waals surface area contributed by atoms with E-state index >= 15 is 0 Å². The summed E-state index contributed by atoms with van der Waals surface area (Å²) in [6, 6.07) is 4.80. The second kappa shape index (κ2) is 8.10. The van der Waals surface area contributed by atoms with Crippen LogP contribution in [0.15, 0.2) is 23.1 Å². The van der Waals surface area contributed by atoms with Crippen molar-refractivity contribution >= 4 is 29.1 Å². The first-order chi connectivity index (χ1) is 10.5. The summed E-state index contributed by atoms with van der Waals surface area (Å²) >= 11 is 6.03. The third-order valence-corrected chi connectivity index (χ3v) is 5.69. The van der Waals surface area contributed by atoms with Crippen LogP contribution in [0.1, 0.15) is 39.2 Å². The van der Waals surface area contributed by atoms with Crippen molar-refractivity contribution in [3.8, 4) is 0 Å². The Bertz CT molecular complexity index is 687. The maximum absolute atomic E-state index is 12.4. The minimum Gasteiger partial charge on any atom is -0.288 e. The van der Waals surface area contributed by atoms with Crippen molar-refractivity contribution in [2.24, 2.45) is 0 Å². The quantitative estimate of drug-likeness (QED) is 0.286. The molecule has 6 nitrogen and oxygen atoms in total. The molecule has 0 fully saturated rings. The lowest BCUT2D eigenvalue weighted by Gasteiger charge is -2.17. The van der Waals surface area contributed by atoms with E-state index in [9.17, 15) is 13.0 Å². The van der Waals surface area contributed by atoms with Crippen molar-refractivity contribution in [1.29, 1.82) is 0 Å². The van der Waals surface area contributed by atoms with Crippen molar-refractivity contribution in [1.82, 2.24) is 0 Å². The number of halogens is 1. The van der Waals surface area contributed by atoms with Gasteiger partial charge < -0.3 is 0 Å². The second-order valence-corrected chi connectivity index (χ2v) is 10.1. The van der Waals surface area contributed by atoms with Crippen LogP contribution in [-0.2, 0) is 28.4 Å². The molecule has 0 saturated carbocycles. The molecular weight excluding hydrogens is 363 g/mol. The number of hydrogen-bond acceptors (Lipinski definition) is 6. The SMILES string of the molecule is CC(C)OOP(C)(=O)COS(=O)(=O)c1c(Cl)cccc1C(C)C. The zero-order valence-corrected chi connectivity index (χ0v) is 16.2. The van der Waals surface area contributed by atoms with E-state index in [1.54, 1.807) is 26.0 Å². The first-order valence-electron chi connectivity index (χ1n) is 7.05. The first-order valence-corrected chi connectivity index (χ1v) is 11.1. The maximum Gasteiger partial charge on any atom is 0.299 e. The minimum atomic E-state index is -4.18. The van der Waals surface area contributed by atoms with E-state index in [1.807, 2.05) is 13.8 Å². The Labute approximate surface area is 142 Å². The van der Waals surface area contributed by atoms with Gasteiger partial charge in [-0.1, -0.05) is 37.6 Å². The lowest BCUT2D eigenvalue weighted by molar-refractivity contribution is -0.234. The average molecular weight is 385 g/mol. The molecule has 0 radical (unpaired) electrons. The molecule has 0 heterocycles. The maximum atomic E-state index is 12.4. The van der Waals surface area contributed by atoms with Crippen LogP contribution in [-0.4, -0.2) is 27.5 Å². The monoisotopic (exact) mass is 384 g/mol. The van der Waals surface area contributed by atoms with Gasteiger partial charge in [0, 0.05) is 6.66 Å². The second-order valence-electron chi connectivity index (χ2n) is 5.75. The van der Waals surface area contributed by atoms with Gasteiger partial charge in [0.25, 0.3) is 17.5 Å². The largest absolute Gasteiger partial charge is 0.299 e. The van der Waals surface area contributed by atoms with Crippen LogP contribution >= 0.6 is 19.0 Å². The molecule has 0 N–H and O–H groups in total. The Balaban J connectivity index is 2.99. The van der Waals surface area contributed by atoms with Crippen LogP contribution in [0.25, 0.3) is 0 Å². The van der Waals surface area contributed by atoms with E-state index < -0.39 is 23.8 Å². The van der Waals surface area contributed by atoms with E-state index in [1.165, 1.54) is 12.7 Å². The smallest absolute Gasteiger partial charge is 0.288 e. The Kier molecular flexibility index (Phi) is 7.26. The third-order valence-electron chi connectivity index (χ3n) is 2.70. The molecule has 1 atom stereocenters. The Morgan fingerprint density at radius 1 is 1.22 bits per heavy atom. The summed E-state index contributed by atoms with van der Waals surface area (Å²) in [5.74, 6) is -0.0731. The summed E-state index contributed by atoms with van der Waals surface area (Å²) in [5.41, 5.74) is 0.530. The Hall–Kier alpha value is -0.430. The molecule has 0 aromatic heterocycles. The predicted octanol–water partition coefficient (Wildman–Crippen LogP) is 4.39. The molecule has 1 rings (SSSR count). The Morgan fingerprint density at radius 2 is 1.83 bits per heavy atom. The van der Waals surface area contributed by atoms with Gasteiger partial charge in [-0.2, -0.15) is 13.1 Å². The van der Waals surface area contributed by atoms with E-state index in [0.29, 0.717) is 5.56 Å². The van der Waals surface area contributed by atoms with E-state index in [4.69, 9.17) is 25.3 Å². The molecule has 1 aromatic rings. The van der Waals surface area contributed by atoms with Gasteiger partial charge in [-0.05, 0) is 31.4 Å². The van der Waals surface area contributed by atoms with Crippen molar-refractivity contribution in [3.05, 3.63) is 28.8 Å². The molecule has 0 aliphatic heterocycles. The Morgan fingerprint density at radius 3 is 2.35 bits per heavy atom. The van der Waals surface area contributed by atoms with Crippen molar-refractivity contribution in [2.75, 3.05) is 13.0 Å².